The van der Waals surface area contributed by atoms with Crippen LogP contribution >= 0.6 is 0 Å². The fourth-order valence-corrected chi connectivity index (χ4v) is 4.31. The van der Waals surface area contributed by atoms with E-state index in [4.69, 9.17) is 37.0 Å². The van der Waals surface area contributed by atoms with Crippen LogP contribution in [0.2, 0.25) is 6.04 Å². The fraction of sp³-hybridized carbons (Fsp3) is 0.667. The van der Waals surface area contributed by atoms with Crippen molar-refractivity contribution in [2.75, 3.05) is 54.4 Å². The molecule has 218 valence electrons. The minimum Gasteiger partial charge on any atom is -0.463 e. The Morgan fingerprint density at radius 1 is 0.763 bits per heavy atom. The number of rotatable bonds is 21. The summed E-state index contributed by atoms with van der Waals surface area (Å²) in [7, 11) is 1.86. The summed E-state index contributed by atoms with van der Waals surface area (Å²) < 4.78 is 41.3. The molecule has 0 saturated heterocycles. The van der Waals surface area contributed by atoms with E-state index in [0.717, 1.165) is 0 Å². The van der Waals surface area contributed by atoms with Crippen LogP contribution in [0.4, 0.5) is 0 Å². The third-order valence-corrected chi connectivity index (χ3v) is 7.61. The molecule has 13 nitrogen and oxygen atoms in total. The van der Waals surface area contributed by atoms with Crippen molar-refractivity contribution in [2.45, 2.75) is 51.4 Å². The highest BCUT2D eigenvalue weighted by Crippen LogP contribution is 2.15. The number of aliphatic hydroxyl groups excluding tert-OH is 1. The minimum absolute atomic E-state index is 0.0652. The van der Waals surface area contributed by atoms with Gasteiger partial charge in [0, 0.05) is 45.1 Å². The molecule has 0 rings (SSSR count). The Hall–Kier alpha value is -2.62. The van der Waals surface area contributed by atoms with Gasteiger partial charge in [-0.05, 0) is 20.3 Å². The zero-order valence-electron chi connectivity index (χ0n) is 22.8. The van der Waals surface area contributed by atoms with E-state index in [2.05, 4.69) is 13.2 Å². The van der Waals surface area contributed by atoms with E-state index < -0.39 is 44.9 Å². The molecule has 38 heavy (non-hydrogen) atoms. The first-order chi connectivity index (χ1) is 17.9. The van der Waals surface area contributed by atoms with Gasteiger partial charge in [-0.3, -0.25) is 9.59 Å². The average molecular weight is 565 g/mol. The first-order valence-electron chi connectivity index (χ1n) is 11.8. The van der Waals surface area contributed by atoms with E-state index in [1.165, 1.54) is 35.2 Å². The number of hydrogen-bond donors (Lipinski definition) is 1. The second kappa shape index (κ2) is 19.4. The monoisotopic (exact) mass is 564 g/mol. The Balaban J connectivity index is 4.37. The number of hydrogen-bond acceptors (Lipinski definition) is 13. The van der Waals surface area contributed by atoms with Crippen LogP contribution in [-0.2, 0) is 56.1 Å². The standard InChI is InChI=1S/C24H40O13Si/c1-17(2)23(28)35-15-20(16-36-24(29)18(3)4)37-22(27)10-9-21(26)34-14-19(25)13-33-11-8-12-38(30-5,31-6)32-7/h19-20,25H,1,3,8-16H2,2,4-7H3. The van der Waals surface area contributed by atoms with E-state index in [0.29, 0.717) is 19.1 Å². The van der Waals surface area contributed by atoms with Crippen LogP contribution in [0.1, 0.15) is 33.1 Å². The van der Waals surface area contributed by atoms with Gasteiger partial charge in [0.2, 0.25) is 0 Å². The molecule has 1 atom stereocenters. The summed E-state index contributed by atoms with van der Waals surface area (Å²) in [6.45, 7) is 8.92. The van der Waals surface area contributed by atoms with Gasteiger partial charge < -0.3 is 42.1 Å². The average Bonchev–Trinajstić information content (AvgIpc) is 2.89. The van der Waals surface area contributed by atoms with Crippen molar-refractivity contribution in [3.8, 4) is 0 Å². The summed E-state index contributed by atoms with van der Waals surface area (Å²) in [6.07, 6.45) is -2.26. The first kappa shape index (κ1) is 35.4. The van der Waals surface area contributed by atoms with Crippen LogP contribution in [0.5, 0.6) is 0 Å². The van der Waals surface area contributed by atoms with Crippen molar-refractivity contribution < 1.29 is 61.2 Å². The SMILES string of the molecule is C=C(C)C(=O)OCC(COC(=O)C(=C)C)OC(=O)CCC(=O)OCC(O)COCCC[Si](OC)(OC)OC. The van der Waals surface area contributed by atoms with Gasteiger partial charge in [-0.15, -0.1) is 0 Å². The molecule has 0 saturated carbocycles. The second-order valence-electron chi connectivity index (χ2n) is 8.18. The molecule has 0 spiro atoms. The lowest BCUT2D eigenvalue weighted by Gasteiger charge is -2.24. The van der Waals surface area contributed by atoms with Gasteiger partial charge >= 0.3 is 32.7 Å². The van der Waals surface area contributed by atoms with Crippen molar-refractivity contribution in [3.05, 3.63) is 24.3 Å². The molecule has 1 N–H and O–H groups in total. The third kappa shape index (κ3) is 15.6. The van der Waals surface area contributed by atoms with E-state index in [9.17, 15) is 24.3 Å². The van der Waals surface area contributed by atoms with Gasteiger partial charge in [-0.2, -0.15) is 0 Å². The molecule has 0 aliphatic carbocycles. The van der Waals surface area contributed by atoms with E-state index in [1.54, 1.807) is 0 Å². The van der Waals surface area contributed by atoms with E-state index in [-0.39, 0.29) is 50.4 Å². The fourth-order valence-electron chi connectivity index (χ4n) is 2.62. The van der Waals surface area contributed by atoms with Gasteiger partial charge in [-0.1, -0.05) is 13.2 Å². The number of aliphatic hydroxyl groups is 1. The lowest BCUT2D eigenvalue weighted by atomic mass is 10.3. The van der Waals surface area contributed by atoms with Crippen LogP contribution in [0.15, 0.2) is 24.3 Å². The van der Waals surface area contributed by atoms with Crippen molar-refractivity contribution >= 4 is 32.7 Å². The third-order valence-electron chi connectivity index (χ3n) is 4.78. The van der Waals surface area contributed by atoms with Crippen LogP contribution < -0.4 is 0 Å². The van der Waals surface area contributed by atoms with Crippen LogP contribution in [-0.4, -0.2) is 104 Å². The number of carbonyl (C=O) groups is 4. The Kier molecular flexibility index (Phi) is 18.1. The molecule has 0 aromatic heterocycles. The predicted octanol–water partition coefficient (Wildman–Crippen LogP) is 1.11. The smallest absolute Gasteiger partial charge is 0.463 e. The summed E-state index contributed by atoms with van der Waals surface area (Å²) in [5.41, 5.74) is 0.271. The van der Waals surface area contributed by atoms with E-state index >= 15 is 0 Å². The molecule has 0 aromatic carbocycles. The zero-order chi connectivity index (χ0) is 29.1. The molecular formula is C24H40O13Si. The maximum absolute atomic E-state index is 12.2. The lowest BCUT2D eigenvalue weighted by Crippen LogP contribution is -2.42. The zero-order valence-corrected chi connectivity index (χ0v) is 23.8. The molecular weight excluding hydrogens is 524 g/mol. The van der Waals surface area contributed by atoms with Crippen molar-refractivity contribution in [2.24, 2.45) is 0 Å². The van der Waals surface area contributed by atoms with Gasteiger partial charge in [0.15, 0.2) is 6.10 Å². The van der Waals surface area contributed by atoms with Crippen LogP contribution in [0.25, 0.3) is 0 Å². The molecule has 0 aliphatic heterocycles. The van der Waals surface area contributed by atoms with Crippen molar-refractivity contribution in [3.63, 3.8) is 0 Å². The van der Waals surface area contributed by atoms with Crippen LogP contribution in [0.3, 0.4) is 0 Å². The lowest BCUT2D eigenvalue weighted by molar-refractivity contribution is -0.165. The number of esters is 4. The molecule has 0 bridgehead atoms. The van der Waals surface area contributed by atoms with Gasteiger partial charge in [0.25, 0.3) is 0 Å². The quantitative estimate of drug-likeness (QED) is 0.0694. The highest BCUT2D eigenvalue weighted by Gasteiger charge is 2.36. The molecule has 0 fully saturated rings. The molecule has 0 radical (unpaired) electrons. The number of carbonyl (C=O) groups excluding carboxylic acids is 4. The Morgan fingerprint density at radius 3 is 1.74 bits per heavy atom. The topological polar surface area (TPSA) is 162 Å². The molecule has 0 aromatic rings. The maximum atomic E-state index is 12.2. The predicted molar refractivity (Wildman–Crippen MR) is 135 cm³/mol. The Bertz CT molecular complexity index is 756. The summed E-state index contributed by atoms with van der Waals surface area (Å²) >= 11 is 0. The Labute approximate surface area is 224 Å². The molecule has 0 heterocycles. The van der Waals surface area contributed by atoms with Crippen molar-refractivity contribution in [1.29, 1.82) is 0 Å². The highest BCUT2D eigenvalue weighted by molar-refractivity contribution is 6.60. The van der Waals surface area contributed by atoms with Crippen LogP contribution in [0, 0.1) is 0 Å². The second-order valence-corrected chi connectivity index (χ2v) is 11.3. The summed E-state index contributed by atoms with van der Waals surface area (Å²) in [5, 5.41) is 9.92. The van der Waals surface area contributed by atoms with Crippen molar-refractivity contribution in [1.82, 2.24) is 0 Å². The van der Waals surface area contributed by atoms with E-state index in [1.807, 2.05) is 0 Å². The molecule has 0 aliphatic rings. The highest BCUT2D eigenvalue weighted by atomic mass is 28.4. The first-order valence-corrected chi connectivity index (χ1v) is 13.7. The molecule has 0 amide bonds. The number of ether oxygens (including phenoxy) is 5. The normalized spacial score (nSPS) is 12.0. The van der Waals surface area contributed by atoms with Gasteiger partial charge in [0.05, 0.1) is 19.4 Å². The summed E-state index contributed by atoms with van der Waals surface area (Å²) in [5.74, 6) is -2.97. The summed E-state index contributed by atoms with van der Waals surface area (Å²) in [4.78, 5) is 47.3. The van der Waals surface area contributed by atoms with Gasteiger partial charge in [0.1, 0.15) is 25.9 Å². The largest absolute Gasteiger partial charge is 0.500 e. The summed E-state index contributed by atoms with van der Waals surface area (Å²) in [6, 6.07) is 0.533. The molecule has 14 heteroatoms. The maximum Gasteiger partial charge on any atom is 0.500 e. The Morgan fingerprint density at radius 2 is 1.26 bits per heavy atom. The molecule has 1 unspecified atom stereocenters. The van der Waals surface area contributed by atoms with Gasteiger partial charge in [-0.25, -0.2) is 9.59 Å². The minimum atomic E-state index is -2.68.